The van der Waals surface area contributed by atoms with Crippen LogP contribution in [0.15, 0.2) is 12.1 Å². The van der Waals surface area contributed by atoms with E-state index in [9.17, 15) is 14.0 Å². The van der Waals surface area contributed by atoms with Crippen LogP contribution in [-0.4, -0.2) is 53.6 Å². The van der Waals surface area contributed by atoms with Gasteiger partial charge in [0.2, 0.25) is 0 Å². The van der Waals surface area contributed by atoms with E-state index in [1.54, 1.807) is 16.7 Å². The molecule has 2 rings (SSSR count). The average Bonchev–Trinajstić information content (AvgIpc) is 2.74. The molecule has 2 amide bonds. The van der Waals surface area contributed by atoms with E-state index in [0.29, 0.717) is 43.7 Å². The number of ether oxygens (including phenoxy) is 1. The summed E-state index contributed by atoms with van der Waals surface area (Å²) in [5.74, 6) is -0.726. The van der Waals surface area contributed by atoms with Crippen LogP contribution in [0.1, 0.15) is 43.1 Å². The molecular weight excluding hydrogens is 325 g/mol. The van der Waals surface area contributed by atoms with Gasteiger partial charge in [0.15, 0.2) is 0 Å². The van der Waals surface area contributed by atoms with Crippen molar-refractivity contribution >= 4 is 17.7 Å². The minimum atomic E-state index is -0.554. The van der Waals surface area contributed by atoms with Gasteiger partial charge in [-0.2, -0.15) is 0 Å². The van der Waals surface area contributed by atoms with Gasteiger partial charge in [-0.15, -0.1) is 0 Å². The molecule has 0 aromatic heterocycles. The van der Waals surface area contributed by atoms with Crippen molar-refractivity contribution in [3.8, 4) is 0 Å². The highest BCUT2D eigenvalue weighted by molar-refractivity contribution is 5.96. The van der Waals surface area contributed by atoms with Crippen LogP contribution in [0.4, 0.5) is 14.9 Å². The van der Waals surface area contributed by atoms with Gasteiger partial charge in [0.1, 0.15) is 11.4 Å². The average molecular weight is 351 g/mol. The molecule has 1 heterocycles. The zero-order valence-electron chi connectivity index (χ0n) is 15.3. The standard InChI is InChI=1S/C18H26FN3O3/c1-12-10-14(19)15(20)11-13(12)16(23)21-6-5-7-22(9-8-21)17(24)25-18(2,3)4/h10-11H,5-9,20H2,1-4H3. The molecule has 0 radical (unpaired) electrons. The Bertz CT molecular complexity index is 670. The second-order valence-electron chi connectivity index (χ2n) is 7.30. The molecule has 138 valence electrons. The van der Waals surface area contributed by atoms with Crippen LogP contribution in [0.5, 0.6) is 0 Å². The Hall–Kier alpha value is -2.31. The second kappa shape index (κ2) is 7.29. The molecule has 0 bridgehead atoms. The van der Waals surface area contributed by atoms with Gasteiger partial charge < -0.3 is 20.3 Å². The summed E-state index contributed by atoms with van der Waals surface area (Å²) in [6, 6.07) is 2.65. The highest BCUT2D eigenvalue weighted by Crippen LogP contribution is 2.20. The van der Waals surface area contributed by atoms with Gasteiger partial charge in [-0.3, -0.25) is 4.79 Å². The molecule has 1 aromatic carbocycles. The molecule has 0 saturated carbocycles. The quantitative estimate of drug-likeness (QED) is 0.790. The highest BCUT2D eigenvalue weighted by atomic mass is 19.1. The minimum Gasteiger partial charge on any atom is -0.444 e. The first-order chi connectivity index (χ1) is 11.6. The first kappa shape index (κ1) is 19.0. The maximum absolute atomic E-state index is 13.5. The Balaban J connectivity index is 2.07. The fourth-order valence-corrected chi connectivity index (χ4v) is 2.72. The highest BCUT2D eigenvalue weighted by Gasteiger charge is 2.27. The van der Waals surface area contributed by atoms with Crippen LogP contribution < -0.4 is 5.73 Å². The smallest absolute Gasteiger partial charge is 0.410 e. The third-order valence-corrected chi connectivity index (χ3v) is 4.01. The molecule has 1 aliphatic heterocycles. The molecule has 0 aliphatic carbocycles. The summed E-state index contributed by atoms with van der Waals surface area (Å²) in [6.45, 7) is 8.99. The van der Waals surface area contributed by atoms with E-state index in [-0.39, 0.29) is 17.7 Å². The maximum Gasteiger partial charge on any atom is 0.410 e. The summed E-state index contributed by atoms with van der Waals surface area (Å²) >= 11 is 0. The predicted octanol–water partition coefficient (Wildman–Crippen LogP) is 2.80. The number of anilines is 1. The van der Waals surface area contributed by atoms with Gasteiger partial charge in [0, 0.05) is 31.7 Å². The Morgan fingerprint density at radius 3 is 2.36 bits per heavy atom. The number of benzene rings is 1. The van der Waals surface area contributed by atoms with Crippen LogP contribution >= 0.6 is 0 Å². The van der Waals surface area contributed by atoms with Crippen molar-refractivity contribution in [2.45, 2.75) is 39.7 Å². The Kier molecular flexibility index (Phi) is 5.55. The summed E-state index contributed by atoms with van der Waals surface area (Å²) in [5, 5.41) is 0. The number of carbonyl (C=O) groups excluding carboxylic acids is 2. The number of amides is 2. The van der Waals surface area contributed by atoms with E-state index < -0.39 is 11.4 Å². The van der Waals surface area contributed by atoms with Gasteiger partial charge >= 0.3 is 6.09 Å². The molecule has 0 spiro atoms. The van der Waals surface area contributed by atoms with E-state index in [1.807, 2.05) is 20.8 Å². The van der Waals surface area contributed by atoms with Crippen LogP contribution in [0.2, 0.25) is 0 Å². The van der Waals surface area contributed by atoms with E-state index in [1.165, 1.54) is 12.1 Å². The molecule has 1 saturated heterocycles. The van der Waals surface area contributed by atoms with Gasteiger partial charge in [0.25, 0.3) is 5.91 Å². The predicted molar refractivity (Wildman–Crippen MR) is 93.9 cm³/mol. The first-order valence-electron chi connectivity index (χ1n) is 8.41. The monoisotopic (exact) mass is 351 g/mol. The summed E-state index contributed by atoms with van der Waals surface area (Å²) in [5.41, 5.74) is 5.94. The van der Waals surface area contributed by atoms with Crippen LogP contribution in [0.3, 0.4) is 0 Å². The number of aryl methyl sites for hydroxylation is 1. The summed E-state index contributed by atoms with van der Waals surface area (Å²) in [7, 11) is 0. The number of nitrogens with zero attached hydrogens (tertiary/aromatic N) is 2. The molecule has 1 aromatic rings. The fraction of sp³-hybridized carbons (Fsp3) is 0.556. The molecule has 25 heavy (non-hydrogen) atoms. The minimum absolute atomic E-state index is 0.0425. The topological polar surface area (TPSA) is 75.9 Å². The third-order valence-electron chi connectivity index (χ3n) is 4.01. The number of halogens is 1. The molecule has 6 nitrogen and oxygen atoms in total. The van der Waals surface area contributed by atoms with Gasteiger partial charge in [0.05, 0.1) is 5.69 Å². The maximum atomic E-state index is 13.5. The largest absolute Gasteiger partial charge is 0.444 e. The number of hydrogen-bond donors (Lipinski definition) is 1. The van der Waals surface area contributed by atoms with E-state index in [2.05, 4.69) is 0 Å². The zero-order valence-corrected chi connectivity index (χ0v) is 15.3. The van der Waals surface area contributed by atoms with Gasteiger partial charge in [-0.05, 0) is 51.8 Å². The molecule has 1 fully saturated rings. The van der Waals surface area contributed by atoms with Crippen LogP contribution in [-0.2, 0) is 4.74 Å². The number of nitrogen functional groups attached to an aromatic ring is 1. The summed E-state index contributed by atoms with van der Waals surface area (Å²) in [4.78, 5) is 28.2. The lowest BCUT2D eigenvalue weighted by molar-refractivity contribution is 0.0255. The molecular formula is C18H26FN3O3. The number of rotatable bonds is 1. The third kappa shape index (κ3) is 4.84. The Morgan fingerprint density at radius 1 is 1.12 bits per heavy atom. The molecule has 1 aliphatic rings. The molecule has 7 heteroatoms. The van der Waals surface area contributed by atoms with Gasteiger partial charge in [-0.1, -0.05) is 0 Å². The summed E-state index contributed by atoms with van der Waals surface area (Å²) in [6.07, 6.45) is 0.282. The lowest BCUT2D eigenvalue weighted by Crippen LogP contribution is -2.40. The SMILES string of the molecule is Cc1cc(F)c(N)cc1C(=O)N1CCCN(C(=O)OC(C)(C)C)CC1. The second-order valence-corrected chi connectivity index (χ2v) is 7.30. The fourth-order valence-electron chi connectivity index (χ4n) is 2.72. The number of carbonyl (C=O) groups is 2. The van der Waals surface area contributed by atoms with Crippen molar-refractivity contribution in [1.29, 1.82) is 0 Å². The number of hydrogen-bond acceptors (Lipinski definition) is 4. The van der Waals surface area contributed by atoms with Gasteiger partial charge in [-0.25, -0.2) is 9.18 Å². The molecule has 2 N–H and O–H groups in total. The Labute approximate surface area is 147 Å². The van der Waals surface area contributed by atoms with Crippen LogP contribution in [0, 0.1) is 12.7 Å². The van der Waals surface area contributed by atoms with E-state index >= 15 is 0 Å². The first-order valence-corrected chi connectivity index (χ1v) is 8.41. The number of nitrogens with two attached hydrogens (primary N) is 1. The van der Waals surface area contributed by atoms with E-state index in [0.717, 1.165) is 0 Å². The lowest BCUT2D eigenvalue weighted by atomic mass is 10.1. The van der Waals surface area contributed by atoms with Crippen molar-refractivity contribution < 1.29 is 18.7 Å². The van der Waals surface area contributed by atoms with Crippen LogP contribution in [0.25, 0.3) is 0 Å². The Morgan fingerprint density at radius 2 is 1.72 bits per heavy atom. The molecule has 0 atom stereocenters. The van der Waals surface area contributed by atoms with Crippen molar-refractivity contribution in [1.82, 2.24) is 9.80 Å². The van der Waals surface area contributed by atoms with Crippen molar-refractivity contribution in [3.63, 3.8) is 0 Å². The van der Waals surface area contributed by atoms with Crippen molar-refractivity contribution in [2.75, 3.05) is 31.9 Å². The van der Waals surface area contributed by atoms with Crippen molar-refractivity contribution in [3.05, 3.63) is 29.1 Å². The zero-order chi connectivity index (χ0) is 18.8. The van der Waals surface area contributed by atoms with E-state index in [4.69, 9.17) is 10.5 Å². The summed E-state index contributed by atoms with van der Waals surface area (Å²) < 4.78 is 18.9. The normalized spacial score (nSPS) is 15.7. The molecule has 0 unspecified atom stereocenters. The lowest BCUT2D eigenvalue weighted by Gasteiger charge is -2.26. The van der Waals surface area contributed by atoms with Crippen molar-refractivity contribution in [2.24, 2.45) is 0 Å².